The quantitative estimate of drug-likeness (QED) is 0.558. The highest BCUT2D eigenvalue weighted by Crippen LogP contribution is 2.32. The van der Waals surface area contributed by atoms with Gasteiger partial charge >= 0.3 is 0 Å². The molecule has 2 aromatic carbocycles. The summed E-state index contributed by atoms with van der Waals surface area (Å²) in [5.74, 6) is -3.00. The van der Waals surface area contributed by atoms with Crippen LogP contribution in [-0.2, 0) is 20.2 Å². The molecule has 3 nitrogen and oxygen atoms in total. The van der Waals surface area contributed by atoms with Gasteiger partial charge in [0.05, 0.1) is 11.5 Å². The fourth-order valence-electron chi connectivity index (χ4n) is 2.06. The van der Waals surface area contributed by atoms with Crippen molar-refractivity contribution in [2.75, 3.05) is 6.61 Å². The topological polar surface area (TPSA) is 43.4 Å². The molecule has 0 heterocycles. The Kier molecular flexibility index (Phi) is 5.49. The molecular formula is C17H18F2O3S. The first-order valence-electron chi connectivity index (χ1n) is 7.21. The van der Waals surface area contributed by atoms with Crippen LogP contribution in [-0.4, -0.2) is 15.0 Å². The van der Waals surface area contributed by atoms with Crippen LogP contribution in [0.3, 0.4) is 0 Å². The molecule has 0 N–H and O–H groups in total. The first-order valence-corrected chi connectivity index (χ1v) is 8.61. The minimum Gasteiger partial charge on any atom is -0.266 e. The maximum Gasteiger partial charge on any atom is 0.296 e. The zero-order valence-electron chi connectivity index (χ0n) is 12.7. The molecule has 0 aliphatic heterocycles. The van der Waals surface area contributed by atoms with E-state index >= 15 is 0 Å². The third kappa shape index (κ3) is 4.84. The highest BCUT2D eigenvalue weighted by atomic mass is 32.2. The van der Waals surface area contributed by atoms with Crippen molar-refractivity contribution in [2.24, 2.45) is 0 Å². The Morgan fingerprint density at radius 1 is 1.00 bits per heavy atom. The fourth-order valence-corrected chi connectivity index (χ4v) is 3.00. The second-order valence-corrected chi connectivity index (χ2v) is 6.88. The molecule has 0 unspecified atom stereocenters. The minimum absolute atomic E-state index is 0.0259. The van der Waals surface area contributed by atoms with Gasteiger partial charge in [-0.05, 0) is 25.5 Å². The zero-order chi connectivity index (χ0) is 16.9. The second kappa shape index (κ2) is 7.19. The monoisotopic (exact) mass is 340 g/mol. The Balaban J connectivity index is 1.88. The summed E-state index contributed by atoms with van der Waals surface area (Å²) in [6, 6.07) is 13.6. The highest BCUT2D eigenvalue weighted by molar-refractivity contribution is 7.86. The van der Waals surface area contributed by atoms with Crippen LogP contribution >= 0.6 is 0 Å². The molecule has 0 saturated carbocycles. The summed E-state index contributed by atoms with van der Waals surface area (Å²) in [5.41, 5.74) is 0.841. The molecule has 0 aromatic heterocycles. The predicted molar refractivity (Wildman–Crippen MR) is 83.9 cm³/mol. The molecule has 0 aliphatic carbocycles. The Morgan fingerprint density at radius 2 is 1.61 bits per heavy atom. The summed E-state index contributed by atoms with van der Waals surface area (Å²) < 4.78 is 56.6. The van der Waals surface area contributed by atoms with Crippen molar-refractivity contribution in [3.05, 3.63) is 65.7 Å². The van der Waals surface area contributed by atoms with Gasteiger partial charge in [-0.25, -0.2) is 8.78 Å². The van der Waals surface area contributed by atoms with Gasteiger partial charge in [0.2, 0.25) is 0 Å². The van der Waals surface area contributed by atoms with Gasteiger partial charge in [0.15, 0.2) is 0 Å². The number of rotatable bonds is 7. The van der Waals surface area contributed by atoms with Gasteiger partial charge in [-0.3, -0.25) is 4.18 Å². The van der Waals surface area contributed by atoms with Gasteiger partial charge in [0.1, 0.15) is 0 Å². The van der Waals surface area contributed by atoms with E-state index in [2.05, 4.69) is 0 Å². The van der Waals surface area contributed by atoms with Gasteiger partial charge in [0, 0.05) is 12.0 Å². The van der Waals surface area contributed by atoms with E-state index in [-0.39, 0.29) is 23.5 Å². The summed E-state index contributed by atoms with van der Waals surface area (Å²) in [7, 11) is -3.90. The zero-order valence-corrected chi connectivity index (χ0v) is 13.5. The molecule has 0 radical (unpaired) electrons. The predicted octanol–water partition coefficient (Wildman–Crippen LogP) is 4.27. The molecule has 0 spiro atoms. The molecule has 2 rings (SSSR count). The van der Waals surface area contributed by atoms with Gasteiger partial charge in [0.25, 0.3) is 16.0 Å². The number of hydrogen-bond donors (Lipinski definition) is 0. The largest absolute Gasteiger partial charge is 0.296 e. The highest BCUT2D eigenvalue weighted by Gasteiger charge is 2.30. The molecule has 0 aliphatic rings. The summed E-state index contributed by atoms with van der Waals surface area (Å²) >= 11 is 0. The van der Waals surface area contributed by atoms with Crippen LogP contribution in [0, 0.1) is 6.92 Å². The Hall–Kier alpha value is -1.79. The van der Waals surface area contributed by atoms with Crippen molar-refractivity contribution in [1.82, 2.24) is 0 Å². The second-order valence-electron chi connectivity index (χ2n) is 5.26. The van der Waals surface area contributed by atoms with Gasteiger partial charge in [-0.2, -0.15) is 8.42 Å². The van der Waals surface area contributed by atoms with Crippen molar-refractivity contribution in [1.29, 1.82) is 0 Å². The van der Waals surface area contributed by atoms with E-state index in [9.17, 15) is 17.2 Å². The molecule has 2 aromatic rings. The number of benzene rings is 2. The van der Waals surface area contributed by atoms with E-state index in [4.69, 9.17) is 4.18 Å². The maximum atomic E-state index is 13.9. The molecule has 124 valence electrons. The van der Waals surface area contributed by atoms with Crippen LogP contribution < -0.4 is 0 Å². The first kappa shape index (κ1) is 17.6. The average Bonchev–Trinajstić information content (AvgIpc) is 2.53. The SMILES string of the molecule is Cc1ccc(S(=O)(=O)OCCCC(F)(F)c2ccccc2)cc1. The van der Waals surface area contributed by atoms with Crippen LogP contribution in [0.15, 0.2) is 59.5 Å². The number of alkyl halides is 2. The van der Waals surface area contributed by atoms with Crippen molar-refractivity contribution in [2.45, 2.75) is 30.6 Å². The van der Waals surface area contributed by atoms with E-state index in [1.807, 2.05) is 6.92 Å². The summed E-state index contributed by atoms with van der Waals surface area (Å²) in [4.78, 5) is 0.0259. The van der Waals surface area contributed by atoms with E-state index < -0.39 is 22.5 Å². The molecule has 0 bridgehead atoms. The van der Waals surface area contributed by atoms with E-state index in [0.29, 0.717) is 0 Å². The summed E-state index contributed by atoms with van der Waals surface area (Å²) in [5, 5.41) is 0. The van der Waals surface area contributed by atoms with E-state index in [0.717, 1.165) is 5.56 Å². The maximum absolute atomic E-state index is 13.9. The molecule has 0 amide bonds. The normalized spacial score (nSPS) is 12.3. The number of halogens is 2. The standard InChI is InChI=1S/C17H18F2O3S/c1-14-8-10-16(11-9-14)23(20,21)22-13-5-12-17(18,19)15-6-3-2-4-7-15/h2-4,6-11H,5,12-13H2,1H3. The summed E-state index contributed by atoms with van der Waals surface area (Å²) in [6.45, 7) is 1.56. The third-order valence-corrected chi connectivity index (χ3v) is 4.71. The van der Waals surface area contributed by atoms with Crippen LogP contribution in [0.25, 0.3) is 0 Å². The molecule has 0 saturated heterocycles. The smallest absolute Gasteiger partial charge is 0.266 e. The number of aryl methyl sites for hydroxylation is 1. The molecule has 6 heteroatoms. The lowest BCUT2D eigenvalue weighted by Gasteiger charge is -2.16. The lowest BCUT2D eigenvalue weighted by Crippen LogP contribution is -2.15. The third-order valence-electron chi connectivity index (χ3n) is 3.38. The summed E-state index contributed by atoms with van der Waals surface area (Å²) in [6.07, 6.45) is -0.534. The lowest BCUT2D eigenvalue weighted by molar-refractivity contribution is -0.0179. The van der Waals surface area contributed by atoms with Gasteiger partial charge in [-0.1, -0.05) is 48.0 Å². The van der Waals surface area contributed by atoms with Crippen molar-refractivity contribution < 1.29 is 21.4 Å². The van der Waals surface area contributed by atoms with Crippen molar-refractivity contribution in [3.63, 3.8) is 0 Å². The van der Waals surface area contributed by atoms with E-state index in [1.165, 1.54) is 24.3 Å². The van der Waals surface area contributed by atoms with Crippen molar-refractivity contribution in [3.8, 4) is 0 Å². The first-order chi connectivity index (χ1) is 10.8. The number of hydrogen-bond acceptors (Lipinski definition) is 3. The Labute approximate surface area is 135 Å². The van der Waals surface area contributed by atoms with Crippen LogP contribution in [0.2, 0.25) is 0 Å². The fraction of sp³-hybridized carbons (Fsp3) is 0.294. The minimum atomic E-state index is -3.90. The lowest BCUT2D eigenvalue weighted by atomic mass is 10.0. The molecule has 23 heavy (non-hydrogen) atoms. The molecular weight excluding hydrogens is 322 g/mol. The van der Waals surface area contributed by atoms with Crippen LogP contribution in [0.1, 0.15) is 24.0 Å². The average molecular weight is 340 g/mol. The Morgan fingerprint density at radius 3 is 2.22 bits per heavy atom. The van der Waals surface area contributed by atoms with Crippen molar-refractivity contribution >= 4 is 10.1 Å². The molecule has 0 fully saturated rings. The molecule has 0 atom stereocenters. The van der Waals surface area contributed by atoms with Crippen LogP contribution in [0.4, 0.5) is 8.78 Å². The van der Waals surface area contributed by atoms with Gasteiger partial charge in [-0.15, -0.1) is 0 Å². The van der Waals surface area contributed by atoms with Crippen LogP contribution in [0.5, 0.6) is 0 Å². The van der Waals surface area contributed by atoms with Gasteiger partial charge < -0.3 is 0 Å². The Bertz CT molecular complexity index is 726. The van der Waals surface area contributed by atoms with E-state index in [1.54, 1.807) is 30.3 Å².